The maximum atomic E-state index is 13.6. The van der Waals surface area contributed by atoms with Crippen LogP contribution in [0.5, 0.6) is 11.5 Å². The number of fused-ring (bicyclic) bond motifs is 1. The molecule has 0 unspecified atom stereocenters. The first-order valence-electron chi connectivity index (χ1n) is 12.7. The van der Waals surface area contributed by atoms with Gasteiger partial charge in [-0.2, -0.15) is 0 Å². The number of aliphatic hydroxyl groups excluding tert-OH is 8. The molecule has 3 aromatic rings. The minimum absolute atomic E-state index is 0.0202. The highest BCUT2D eigenvalue weighted by atomic mass is 16.7. The Bertz CT molecular complexity index is 1440. The second kappa shape index (κ2) is 11.3. The summed E-state index contributed by atoms with van der Waals surface area (Å²) in [6, 6.07) is 8.27. The van der Waals surface area contributed by atoms with E-state index in [-0.39, 0.29) is 33.6 Å². The van der Waals surface area contributed by atoms with Crippen LogP contribution in [0.1, 0.15) is 11.7 Å². The third-order valence-electron chi connectivity index (χ3n) is 7.46. The minimum atomic E-state index is -2.33. The molecule has 3 heterocycles. The molecule has 2 aliphatic heterocycles. The lowest BCUT2D eigenvalue weighted by Crippen LogP contribution is -2.65. The summed E-state index contributed by atoms with van der Waals surface area (Å²) in [6.07, 6.45) is -12.5. The van der Waals surface area contributed by atoms with Crippen LogP contribution in [0.4, 0.5) is 0 Å². The molecule has 9 N–H and O–H groups in total. The van der Waals surface area contributed by atoms with E-state index < -0.39 is 79.9 Å². The van der Waals surface area contributed by atoms with Crippen LogP contribution in [0.25, 0.3) is 22.1 Å². The highest BCUT2D eigenvalue weighted by molar-refractivity contribution is 5.86. The highest BCUT2D eigenvalue weighted by Gasteiger charge is 2.53. The van der Waals surface area contributed by atoms with Gasteiger partial charge in [-0.05, 0) is 29.8 Å². The zero-order valence-electron chi connectivity index (χ0n) is 21.3. The van der Waals surface area contributed by atoms with Gasteiger partial charge in [0.05, 0.1) is 29.7 Å². The van der Waals surface area contributed by atoms with Crippen molar-refractivity contribution < 1.29 is 64.6 Å². The van der Waals surface area contributed by atoms with Gasteiger partial charge in [0, 0.05) is 0 Å². The number of hydrogen-bond acceptors (Lipinski definition) is 14. The van der Waals surface area contributed by atoms with E-state index in [0.717, 1.165) is 6.26 Å². The zero-order valence-corrected chi connectivity index (χ0v) is 21.3. The molecule has 5 rings (SSSR count). The summed E-state index contributed by atoms with van der Waals surface area (Å²) in [6.45, 7) is -2.31. The lowest BCUT2D eigenvalue weighted by atomic mass is 9.89. The van der Waals surface area contributed by atoms with Crippen molar-refractivity contribution in [2.24, 2.45) is 0 Å². The fraction of sp³-hybridized carbons (Fsp3) is 0.444. The van der Waals surface area contributed by atoms with E-state index >= 15 is 0 Å². The number of ether oxygens (including phenoxy) is 3. The lowest BCUT2D eigenvalue weighted by Gasteiger charge is -2.45. The topological polar surface area (TPSA) is 240 Å². The first kappa shape index (κ1) is 29.3. The number of hydrogen-bond donors (Lipinski definition) is 9. The molecule has 2 aromatic carbocycles. The Hall–Kier alpha value is -3.15. The lowest BCUT2D eigenvalue weighted by molar-refractivity contribution is -0.319. The fourth-order valence-corrected chi connectivity index (χ4v) is 5.07. The van der Waals surface area contributed by atoms with E-state index in [1.54, 1.807) is 0 Å². The second-order valence-corrected chi connectivity index (χ2v) is 10.0. The molecule has 0 amide bonds. The van der Waals surface area contributed by atoms with Gasteiger partial charge in [-0.1, -0.05) is 12.1 Å². The van der Waals surface area contributed by atoms with E-state index in [2.05, 4.69) is 0 Å². The van der Waals surface area contributed by atoms with Crippen LogP contribution < -0.4 is 10.2 Å². The molecule has 14 heteroatoms. The van der Waals surface area contributed by atoms with Crippen LogP contribution in [0.15, 0.2) is 51.9 Å². The molecule has 0 aliphatic carbocycles. The second-order valence-electron chi connectivity index (χ2n) is 10.0. The molecule has 9 atom stereocenters. The number of phenols is 1. The van der Waals surface area contributed by atoms with Crippen LogP contribution in [0, 0.1) is 0 Å². The summed E-state index contributed by atoms with van der Waals surface area (Å²) < 4.78 is 22.8. The molecule has 2 fully saturated rings. The van der Waals surface area contributed by atoms with Crippen molar-refractivity contribution >= 4 is 11.0 Å². The van der Waals surface area contributed by atoms with Crippen LogP contribution >= 0.6 is 0 Å². The molecule has 2 saturated heterocycles. The van der Waals surface area contributed by atoms with Crippen molar-refractivity contribution in [2.75, 3.05) is 19.8 Å². The van der Waals surface area contributed by atoms with Crippen LogP contribution in [0.3, 0.4) is 0 Å². The van der Waals surface area contributed by atoms with E-state index in [4.69, 9.17) is 18.6 Å². The van der Waals surface area contributed by atoms with E-state index in [0.29, 0.717) is 5.56 Å². The Kier molecular flexibility index (Phi) is 8.06. The summed E-state index contributed by atoms with van der Waals surface area (Å²) in [5, 5.41) is 91.9. The van der Waals surface area contributed by atoms with Gasteiger partial charge < -0.3 is 64.6 Å². The predicted molar refractivity (Wildman–Crippen MR) is 137 cm³/mol. The van der Waals surface area contributed by atoms with Crippen LogP contribution in [-0.2, 0) is 9.47 Å². The van der Waals surface area contributed by atoms with Crippen molar-refractivity contribution in [3.05, 3.63) is 58.4 Å². The molecule has 0 radical (unpaired) electrons. The largest absolute Gasteiger partial charge is 0.508 e. The third kappa shape index (κ3) is 4.97. The van der Waals surface area contributed by atoms with Gasteiger partial charge in [0.1, 0.15) is 78.8 Å². The number of rotatable bonds is 6. The molecular weight excluding hydrogens is 548 g/mol. The van der Waals surface area contributed by atoms with Gasteiger partial charge in [0.15, 0.2) is 0 Å². The van der Waals surface area contributed by atoms with E-state index in [1.165, 1.54) is 36.4 Å². The average molecular weight is 579 g/mol. The Morgan fingerprint density at radius 1 is 0.902 bits per heavy atom. The summed E-state index contributed by atoms with van der Waals surface area (Å²) in [4.78, 5) is 13.6. The molecule has 0 spiro atoms. The molecule has 41 heavy (non-hydrogen) atoms. The number of benzene rings is 2. The zero-order chi connectivity index (χ0) is 29.6. The van der Waals surface area contributed by atoms with Gasteiger partial charge in [-0.25, -0.2) is 0 Å². The normalized spacial score (nSPS) is 34.0. The van der Waals surface area contributed by atoms with Crippen molar-refractivity contribution in [3.8, 4) is 22.6 Å². The van der Waals surface area contributed by atoms with E-state index in [1.807, 2.05) is 0 Å². The van der Waals surface area contributed by atoms with Gasteiger partial charge >= 0.3 is 0 Å². The molecule has 14 nitrogen and oxygen atoms in total. The summed E-state index contributed by atoms with van der Waals surface area (Å²) in [5.74, 6) is -2.64. The first-order chi connectivity index (χ1) is 19.5. The van der Waals surface area contributed by atoms with Crippen molar-refractivity contribution in [3.63, 3.8) is 0 Å². The summed E-state index contributed by atoms with van der Waals surface area (Å²) in [5.41, 5.74) is -0.436. The van der Waals surface area contributed by atoms with Crippen molar-refractivity contribution in [2.45, 2.75) is 54.6 Å². The smallest absolute Gasteiger partial charge is 0.262 e. The monoisotopic (exact) mass is 578 g/mol. The number of aliphatic hydroxyl groups is 8. The van der Waals surface area contributed by atoms with Crippen molar-refractivity contribution in [1.29, 1.82) is 0 Å². The quantitative estimate of drug-likeness (QED) is 0.152. The Morgan fingerprint density at radius 3 is 2.27 bits per heavy atom. The minimum Gasteiger partial charge on any atom is -0.508 e. The number of phenolic OH excluding ortho intramolecular Hbond substituents is 1. The number of aromatic hydroxyl groups is 1. The van der Waals surface area contributed by atoms with Crippen LogP contribution in [0.2, 0.25) is 0 Å². The SMILES string of the molecule is O=c1c(-c2ccc(O)cc2)coc2c([C@@H]3O[C@H](CO)[C@@H](O)[C@H](O)[C@H]3O)c(O[C@]3(CO)OC[C@@H](O)[C@@H](O)[C@@H]3O)ccc12. The van der Waals surface area contributed by atoms with Gasteiger partial charge in [-0.3, -0.25) is 4.79 Å². The first-order valence-corrected chi connectivity index (χ1v) is 12.7. The summed E-state index contributed by atoms with van der Waals surface area (Å²) >= 11 is 0. The van der Waals surface area contributed by atoms with Gasteiger partial charge in [0.25, 0.3) is 5.79 Å². The van der Waals surface area contributed by atoms with Gasteiger partial charge in [-0.15, -0.1) is 0 Å². The Balaban J connectivity index is 1.70. The molecule has 2 aliphatic rings. The van der Waals surface area contributed by atoms with Crippen LogP contribution in [-0.4, -0.2) is 114 Å². The maximum absolute atomic E-state index is 13.6. The molecular formula is C27H30O14. The Morgan fingerprint density at radius 2 is 1.61 bits per heavy atom. The van der Waals surface area contributed by atoms with Gasteiger partial charge in [0.2, 0.25) is 5.43 Å². The summed E-state index contributed by atoms with van der Waals surface area (Å²) in [7, 11) is 0. The van der Waals surface area contributed by atoms with E-state index in [9.17, 15) is 50.8 Å². The van der Waals surface area contributed by atoms with Crippen molar-refractivity contribution in [1.82, 2.24) is 0 Å². The maximum Gasteiger partial charge on any atom is 0.262 e. The average Bonchev–Trinajstić information content (AvgIpc) is 2.97. The standard InChI is InChI=1S/C27H30O14/c28-7-17-21(34)22(35)23(36)25(40-17)18-16(41-27(10-29)26(37)20(33)15(31)9-39-27)6-5-13-19(32)14(8-38-24(13)18)11-1-3-12(30)4-2-11/h1-6,8,15,17,20-23,25-26,28-31,33-37H,7,9-10H2/t15-,17-,20-,21-,22+,23-,25+,26+,27+/m1/s1. The fourth-order valence-electron chi connectivity index (χ4n) is 5.07. The Labute approximate surface area is 231 Å². The molecule has 0 saturated carbocycles. The molecule has 1 aromatic heterocycles. The molecule has 222 valence electrons. The third-order valence-corrected chi connectivity index (χ3v) is 7.46. The predicted octanol–water partition coefficient (Wildman–Crippen LogP) is -2.14. The molecule has 0 bridgehead atoms. The highest BCUT2D eigenvalue weighted by Crippen LogP contribution is 2.43.